The number of ether oxygens (including phenoxy) is 2. The van der Waals surface area contributed by atoms with Gasteiger partial charge in [-0.05, 0) is 19.3 Å². The van der Waals surface area contributed by atoms with E-state index in [-0.39, 0.29) is 12.5 Å². The normalized spacial score (nSPS) is 21.3. The van der Waals surface area contributed by atoms with Gasteiger partial charge in [-0.3, -0.25) is 4.79 Å². The molecule has 1 aliphatic rings. The van der Waals surface area contributed by atoms with E-state index in [1.165, 1.54) is 161 Å². The summed E-state index contributed by atoms with van der Waals surface area (Å²) in [6.45, 7) is 3.60. The second-order valence-corrected chi connectivity index (χ2v) is 16.6. The van der Waals surface area contributed by atoms with Crippen LogP contribution in [0.5, 0.6) is 0 Å². The van der Waals surface area contributed by atoms with Gasteiger partial charge in [-0.1, -0.05) is 206 Å². The Hall–Kier alpha value is -1.07. The number of aliphatic hydroxyl groups is 5. The van der Waals surface area contributed by atoms with Gasteiger partial charge in [-0.2, -0.15) is 0 Å². The van der Waals surface area contributed by atoms with Crippen molar-refractivity contribution in [2.24, 2.45) is 0 Å². The number of rotatable bonds is 39. The number of unbranched alkanes of at least 4 members (excludes halogenated alkanes) is 29. The highest BCUT2D eigenvalue weighted by molar-refractivity contribution is 5.76. The van der Waals surface area contributed by atoms with Crippen LogP contribution >= 0.6 is 0 Å². The molecule has 0 aliphatic carbocycles. The highest BCUT2D eigenvalue weighted by Crippen LogP contribution is 2.23. The minimum Gasteiger partial charge on any atom is -0.394 e. The molecular weight excluding hydrogens is 695 g/mol. The molecule has 0 aromatic carbocycles. The Balaban J connectivity index is 2.05. The smallest absolute Gasteiger partial charge is 0.220 e. The lowest BCUT2D eigenvalue weighted by Crippen LogP contribution is -2.60. The lowest BCUT2D eigenvalue weighted by molar-refractivity contribution is -0.302. The van der Waals surface area contributed by atoms with E-state index in [4.69, 9.17) is 9.47 Å². The lowest BCUT2D eigenvalue weighted by atomic mass is 9.99. The fourth-order valence-electron chi connectivity index (χ4n) is 7.57. The maximum Gasteiger partial charge on any atom is 0.220 e. The SMILES string of the molecule is CCCCCCCCCCCCCCCCCCCCCCCCCCCCC/C=C/C(O)C(COC1OC(CO)C(O)C(O)C1O)NC(=O)CCCCC. The third-order valence-corrected chi connectivity index (χ3v) is 11.4. The van der Waals surface area contributed by atoms with Crippen molar-refractivity contribution in [1.29, 1.82) is 0 Å². The summed E-state index contributed by atoms with van der Waals surface area (Å²) in [6, 6.07) is -0.795. The van der Waals surface area contributed by atoms with Crippen molar-refractivity contribution in [2.45, 2.75) is 262 Å². The van der Waals surface area contributed by atoms with Gasteiger partial charge in [0, 0.05) is 6.42 Å². The van der Waals surface area contributed by atoms with Crippen LogP contribution in [0, 0.1) is 0 Å². The van der Waals surface area contributed by atoms with E-state index in [2.05, 4.69) is 19.2 Å². The molecule has 0 bridgehead atoms. The van der Waals surface area contributed by atoms with Gasteiger partial charge in [0.05, 0.1) is 25.4 Å². The first-order chi connectivity index (χ1) is 26.8. The standard InChI is InChI=1S/C46H89NO8/c1-3-5-7-8-9-10-11-12-13-14-15-16-17-18-19-20-21-22-23-24-25-26-27-28-29-30-31-32-34-35-40(49)39(47-42(50)36-33-6-4-2)38-54-46-45(53)44(52)43(51)41(37-48)55-46/h34-35,39-41,43-46,48-49,51-53H,3-33,36-38H2,1-2H3,(H,47,50)/b35-34+. The van der Waals surface area contributed by atoms with Crippen molar-refractivity contribution in [2.75, 3.05) is 13.2 Å². The average Bonchev–Trinajstić information content (AvgIpc) is 3.18. The molecule has 0 aromatic rings. The van der Waals surface area contributed by atoms with Crippen molar-refractivity contribution in [3.05, 3.63) is 12.2 Å². The highest BCUT2D eigenvalue weighted by atomic mass is 16.7. The van der Waals surface area contributed by atoms with E-state index >= 15 is 0 Å². The minimum atomic E-state index is -1.56. The first kappa shape index (κ1) is 51.9. The summed E-state index contributed by atoms with van der Waals surface area (Å²) in [5.41, 5.74) is 0. The van der Waals surface area contributed by atoms with E-state index < -0.39 is 49.5 Å². The van der Waals surface area contributed by atoms with E-state index in [0.717, 1.165) is 38.5 Å². The molecule has 0 spiro atoms. The van der Waals surface area contributed by atoms with Crippen molar-refractivity contribution in [1.82, 2.24) is 5.32 Å². The number of hydrogen-bond acceptors (Lipinski definition) is 8. The minimum absolute atomic E-state index is 0.187. The average molecular weight is 784 g/mol. The molecule has 6 N–H and O–H groups in total. The van der Waals surface area contributed by atoms with E-state index in [1.807, 2.05) is 6.08 Å². The van der Waals surface area contributed by atoms with Gasteiger partial charge in [0.15, 0.2) is 6.29 Å². The number of carbonyl (C=O) groups is 1. The van der Waals surface area contributed by atoms with E-state index in [9.17, 15) is 30.3 Å². The topological polar surface area (TPSA) is 149 Å². The molecule has 326 valence electrons. The zero-order chi connectivity index (χ0) is 40.2. The largest absolute Gasteiger partial charge is 0.394 e. The predicted octanol–water partition coefficient (Wildman–Crippen LogP) is 9.73. The zero-order valence-electron chi connectivity index (χ0n) is 35.7. The molecule has 9 nitrogen and oxygen atoms in total. The molecule has 55 heavy (non-hydrogen) atoms. The molecule has 1 rings (SSSR count). The fourth-order valence-corrected chi connectivity index (χ4v) is 7.57. The third-order valence-electron chi connectivity index (χ3n) is 11.4. The first-order valence-corrected chi connectivity index (χ1v) is 23.4. The summed E-state index contributed by atoms with van der Waals surface area (Å²) >= 11 is 0. The van der Waals surface area contributed by atoms with Crippen LogP contribution in [0.4, 0.5) is 0 Å². The van der Waals surface area contributed by atoms with Crippen LogP contribution < -0.4 is 5.32 Å². The van der Waals surface area contributed by atoms with Crippen LogP contribution in [0.1, 0.15) is 219 Å². The van der Waals surface area contributed by atoms with Gasteiger partial charge in [0.1, 0.15) is 24.4 Å². The van der Waals surface area contributed by atoms with Crippen LogP contribution in [0.25, 0.3) is 0 Å². The third kappa shape index (κ3) is 28.1. The number of carbonyl (C=O) groups excluding carboxylic acids is 1. The number of hydrogen-bond donors (Lipinski definition) is 6. The number of amides is 1. The van der Waals surface area contributed by atoms with Crippen molar-refractivity contribution < 1.29 is 39.8 Å². The molecule has 7 atom stereocenters. The second-order valence-electron chi connectivity index (χ2n) is 16.6. The van der Waals surface area contributed by atoms with Gasteiger partial charge in [-0.25, -0.2) is 0 Å². The molecule has 1 fully saturated rings. The van der Waals surface area contributed by atoms with E-state index in [1.54, 1.807) is 6.08 Å². The molecule has 1 aliphatic heterocycles. The summed E-state index contributed by atoms with van der Waals surface area (Å²) in [7, 11) is 0. The number of allylic oxidation sites excluding steroid dienone is 1. The summed E-state index contributed by atoms with van der Waals surface area (Å²) in [4.78, 5) is 12.6. The molecule has 0 saturated carbocycles. The quantitative estimate of drug-likeness (QED) is 0.0267. The summed E-state index contributed by atoms with van der Waals surface area (Å²) in [5.74, 6) is -0.200. The molecule has 1 amide bonds. The Morgan fingerprint density at radius 3 is 1.42 bits per heavy atom. The maximum absolute atomic E-state index is 12.6. The van der Waals surface area contributed by atoms with Gasteiger partial charge in [0.2, 0.25) is 5.91 Å². The number of aliphatic hydroxyl groups excluding tert-OH is 5. The summed E-state index contributed by atoms with van der Waals surface area (Å²) in [6.07, 6.45) is 36.6. The molecule has 1 saturated heterocycles. The number of nitrogens with one attached hydrogen (secondary N) is 1. The van der Waals surface area contributed by atoms with Crippen molar-refractivity contribution in [3.8, 4) is 0 Å². The Labute approximate surface area is 337 Å². The molecule has 0 radical (unpaired) electrons. The molecule has 0 aromatic heterocycles. The fraction of sp³-hybridized carbons (Fsp3) is 0.935. The van der Waals surface area contributed by atoms with Crippen LogP contribution in [0.3, 0.4) is 0 Å². The van der Waals surface area contributed by atoms with Gasteiger partial charge in [-0.15, -0.1) is 0 Å². The first-order valence-electron chi connectivity index (χ1n) is 23.4. The van der Waals surface area contributed by atoms with Crippen molar-refractivity contribution in [3.63, 3.8) is 0 Å². The Morgan fingerprint density at radius 2 is 1.00 bits per heavy atom. The van der Waals surface area contributed by atoms with Gasteiger partial charge >= 0.3 is 0 Å². The maximum atomic E-state index is 12.6. The van der Waals surface area contributed by atoms with Gasteiger partial charge < -0.3 is 40.3 Å². The predicted molar refractivity (Wildman–Crippen MR) is 226 cm³/mol. The summed E-state index contributed by atoms with van der Waals surface area (Å²) in [5, 5.41) is 53.6. The molecule has 9 heteroatoms. The van der Waals surface area contributed by atoms with Crippen LogP contribution in [-0.2, 0) is 14.3 Å². The monoisotopic (exact) mass is 784 g/mol. The Bertz CT molecular complexity index is 873. The zero-order valence-corrected chi connectivity index (χ0v) is 35.7. The molecule has 7 unspecified atom stereocenters. The van der Waals surface area contributed by atoms with Crippen LogP contribution in [0.15, 0.2) is 12.2 Å². The van der Waals surface area contributed by atoms with Crippen LogP contribution in [0.2, 0.25) is 0 Å². The summed E-state index contributed by atoms with van der Waals surface area (Å²) < 4.78 is 11.1. The highest BCUT2D eigenvalue weighted by Gasteiger charge is 2.44. The van der Waals surface area contributed by atoms with Crippen LogP contribution in [-0.4, -0.2) is 87.5 Å². The van der Waals surface area contributed by atoms with E-state index in [0.29, 0.717) is 6.42 Å². The molecular formula is C46H89NO8. The lowest BCUT2D eigenvalue weighted by Gasteiger charge is -2.40. The Kier molecular flexibility index (Phi) is 35.2. The van der Waals surface area contributed by atoms with Gasteiger partial charge in [0.25, 0.3) is 0 Å². The second kappa shape index (κ2) is 37.2. The van der Waals surface area contributed by atoms with Crippen molar-refractivity contribution >= 4 is 5.91 Å². The Morgan fingerprint density at radius 1 is 0.600 bits per heavy atom. The molecule has 1 heterocycles.